The van der Waals surface area contributed by atoms with E-state index in [0.29, 0.717) is 9.98 Å². The molecule has 0 fully saturated rings. The van der Waals surface area contributed by atoms with E-state index in [0.717, 1.165) is 10.4 Å². The highest BCUT2D eigenvalue weighted by Gasteiger charge is 2.14. The highest BCUT2D eigenvalue weighted by Crippen LogP contribution is 2.15. The van der Waals surface area contributed by atoms with Gasteiger partial charge in [0.25, 0.3) is 11.5 Å². The molecule has 2 heterocycles. The van der Waals surface area contributed by atoms with Gasteiger partial charge in [-0.15, -0.1) is 11.3 Å². The van der Waals surface area contributed by atoms with E-state index in [1.54, 1.807) is 12.3 Å². The molecule has 112 valence electrons. The van der Waals surface area contributed by atoms with Crippen molar-refractivity contribution in [2.45, 2.75) is 13.5 Å². The molecule has 1 amide bonds. The van der Waals surface area contributed by atoms with Gasteiger partial charge < -0.3 is 5.32 Å². The average molecular weight is 334 g/mol. The van der Waals surface area contributed by atoms with Gasteiger partial charge in [-0.25, -0.2) is 4.98 Å². The Kier molecular flexibility index (Phi) is 3.96. The normalized spacial score (nSPS) is 10.8. The Morgan fingerprint density at radius 2 is 2.18 bits per heavy atom. The lowest BCUT2D eigenvalue weighted by Crippen LogP contribution is -2.30. The number of fused-ring (bicyclic) bond motifs is 1. The Morgan fingerprint density at radius 1 is 1.41 bits per heavy atom. The second-order valence-electron chi connectivity index (χ2n) is 4.75. The maximum Gasteiger partial charge on any atom is 0.271 e. The summed E-state index contributed by atoms with van der Waals surface area (Å²) in [7, 11) is 0. The Morgan fingerprint density at radius 3 is 2.95 bits per heavy atom. The van der Waals surface area contributed by atoms with Crippen LogP contribution in [0.2, 0.25) is 5.02 Å². The van der Waals surface area contributed by atoms with E-state index in [1.165, 1.54) is 21.9 Å². The van der Waals surface area contributed by atoms with E-state index in [-0.39, 0.29) is 17.7 Å². The highest BCUT2D eigenvalue weighted by atomic mass is 35.5. The van der Waals surface area contributed by atoms with Crippen LogP contribution in [0.25, 0.3) is 4.96 Å². The van der Waals surface area contributed by atoms with Gasteiger partial charge in [-0.2, -0.15) is 0 Å². The quantitative estimate of drug-likeness (QED) is 0.801. The van der Waals surface area contributed by atoms with Crippen molar-refractivity contribution >= 4 is 33.8 Å². The molecule has 5 nitrogen and oxygen atoms in total. The number of hydrogen-bond donors (Lipinski definition) is 1. The summed E-state index contributed by atoms with van der Waals surface area (Å²) in [6.07, 6.45) is 3.00. The fourth-order valence-corrected chi connectivity index (χ4v) is 3.05. The fraction of sp³-hybridized carbons (Fsp3) is 0.133. The summed E-state index contributed by atoms with van der Waals surface area (Å²) in [6.45, 7) is 2.14. The van der Waals surface area contributed by atoms with Gasteiger partial charge >= 0.3 is 0 Å². The number of amides is 1. The number of carbonyl (C=O) groups excluding carboxylic acids is 1. The van der Waals surface area contributed by atoms with Crippen molar-refractivity contribution in [2.24, 2.45) is 0 Å². The van der Waals surface area contributed by atoms with Crippen LogP contribution in [0.3, 0.4) is 0 Å². The lowest BCUT2D eigenvalue weighted by molar-refractivity contribution is 0.0949. The van der Waals surface area contributed by atoms with Gasteiger partial charge in [-0.05, 0) is 18.6 Å². The first-order valence-corrected chi connectivity index (χ1v) is 7.75. The lowest BCUT2D eigenvalue weighted by Gasteiger charge is -2.06. The number of hydrogen-bond acceptors (Lipinski definition) is 4. The molecule has 1 aromatic carbocycles. The smallest absolute Gasteiger partial charge is 0.271 e. The first-order valence-electron chi connectivity index (χ1n) is 6.55. The van der Waals surface area contributed by atoms with Gasteiger partial charge in [0.15, 0.2) is 4.96 Å². The number of thiazole rings is 1. The number of nitrogens with zero attached hydrogens (tertiary/aromatic N) is 2. The average Bonchev–Trinajstić information content (AvgIpc) is 2.88. The van der Waals surface area contributed by atoms with Crippen LogP contribution in [-0.4, -0.2) is 15.3 Å². The topological polar surface area (TPSA) is 63.5 Å². The fourth-order valence-electron chi connectivity index (χ4n) is 2.06. The van der Waals surface area contributed by atoms with Crippen LogP contribution >= 0.6 is 22.9 Å². The molecular weight excluding hydrogens is 322 g/mol. The molecule has 3 rings (SSSR count). The van der Waals surface area contributed by atoms with E-state index in [9.17, 15) is 9.59 Å². The van der Waals surface area contributed by atoms with Crippen LogP contribution in [0.5, 0.6) is 0 Å². The summed E-state index contributed by atoms with van der Waals surface area (Å²) in [6, 6.07) is 7.22. The van der Waals surface area contributed by atoms with Crippen LogP contribution in [-0.2, 0) is 6.54 Å². The molecule has 1 N–H and O–H groups in total. The number of aromatic nitrogens is 2. The number of nitrogens with one attached hydrogen (secondary N) is 1. The molecule has 0 radical (unpaired) electrons. The number of aryl methyl sites for hydroxylation is 1. The molecule has 2 aromatic heterocycles. The molecule has 0 aliphatic rings. The Labute approximate surface area is 135 Å². The van der Waals surface area contributed by atoms with E-state index >= 15 is 0 Å². The maximum atomic E-state index is 12.3. The van der Waals surface area contributed by atoms with Gasteiger partial charge in [-0.1, -0.05) is 29.8 Å². The largest absolute Gasteiger partial charge is 0.348 e. The molecule has 0 spiro atoms. The summed E-state index contributed by atoms with van der Waals surface area (Å²) < 4.78 is 1.39. The van der Waals surface area contributed by atoms with Crippen molar-refractivity contribution < 1.29 is 4.79 Å². The summed E-state index contributed by atoms with van der Waals surface area (Å²) in [4.78, 5) is 30.2. The highest BCUT2D eigenvalue weighted by molar-refractivity contribution is 7.16. The zero-order valence-electron chi connectivity index (χ0n) is 11.7. The molecule has 0 bridgehead atoms. The molecule has 0 saturated heterocycles. The third-order valence-corrected chi connectivity index (χ3v) is 4.45. The number of halogens is 1. The van der Waals surface area contributed by atoms with Gasteiger partial charge in [0, 0.05) is 28.8 Å². The van der Waals surface area contributed by atoms with Crippen molar-refractivity contribution in [3.63, 3.8) is 0 Å². The van der Waals surface area contributed by atoms with Crippen LogP contribution in [0.1, 0.15) is 20.8 Å². The first kappa shape index (κ1) is 14.7. The molecule has 22 heavy (non-hydrogen) atoms. The van der Waals surface area contributed by atoms with E-state index < -0.39 is 5.91 Å². The minimum Gasteiger partial charge on any atom is -0.348 e. The predicted octanol–water partition coefficient (Wildman–Crippen LogP) is 2.65. The molecule has 0 atom stereocenters. The van der Waals surface area contributed by atoms with Crippen molar-refractivity contribution in [3.05, 3.63) is 68.0 Å². The van der Waals surface area contributed by atoms with Crippen LogP contribution < -0.4 is 10.9 Å². The second kappa shape index (κ2) is 5.90. The van der Waals surface area contributed by atoms with Gasteiger partial charge in [0.2, 0.25) is 0 Å². The zero-order valence-corrected chi connectivity index (χ0v) is 13.2. The molecule has 0 saturated carbocycles. The van der Waals surface area contributed by atoms with Crippen LogP contribution in [0.4, 0.5) is 0 Å². The van der Waals surface area contributed by atoms with Crippen LogP contribution in [0, 0.1) is 6.92 Å². The monoisotopic (exact) mass is 333 g/mol. The first-order chi connectivity index (χ1) is 10.6. The summed E-state index contributed by atoms with van der Waals surface area (Å²) in [5.74, 6) is -0.462. The standard InChI is InChI=1S/C15H12ClN3O2S/c1-9-8-19-14(21)11(7-18-15(19)22-9)13(20)17-6-10-4-2-3-5-12(10)16/h2-5,7-8H,6H2,1H3,(H,17,20). The van der Waals surface area contributed by atoms with E-state index in [1.807, 2.05) is 25.1 Å². The van der Waals surface area contributed by atoms with Crippen molar-refractivity contribution in [2.75, 3.05) is 0 Å². The minimum atomic E-state index is -0.462. The summed E-state index contributed by atoms with van der Waals surface area (Å²) >= 11 is 7.44. The molecule has 7 heteroatoms. The Balaban J connectivity index is 1.85. The Hall–Kier alpha value is -2.18. The number of rotatable bonds is 3. The number of benzene rings is 1. The minimum absolute atomic E-state index is 0.0161. The third-order valence-electron chi connectivity index (χ3n) is 3.16. The van der Waals surface area contributed by atoms with Crippen molar-refractivity contribution in [1.29, 1.82) is 0 Å². The molecule has 0 unspecified atom stereocenters. The molecular formula is C15H12ClN3O2S. The molecule has 0 aliphatic heterocycles. The maximum absolute atomic E-state index is 12.3. The van der Waals surface area contributed by atoms with Crippen LogP contribution in [0.15, 0.2) is 41.5 Å². The molecule has 0 aliphatic carbocycles. The van der Waals surface area contributed by atoms with Gasteiger partial charge in [0.1, 0.15) is 5.56 Å². The van der Waals surface area contributed by atoms with E-state index in [2.05, 4.69) is 10.3 Å². The summed E-state index contributed by atoms with van der Waals surface area (Å²) in [5, 5.41) is 3.27. The van der Waals surface area contributed by atoms with E-state index in [4.69, 9.17) is 11.6 Å². The second-order valence-corrected chi connectivity index (χ2v) is 6.37. The third kappa shape index (κ3) is 2.75. The Bertz CT molecular complexity index is 917. The zero-order chi connectivity index (χ0) is 15.7. The SMILES string of the molecule is Cc1cn2c(=O)c(C(=O)NCc3ccccc3Cl)cnc2s1. The molecule has 3 aromatic rings. The van der Waals surface area contributed by atoms with Crippen molar-refractivity contribution in [3.8, 4) is 0 Å². The van der Waals surface area contributed by atoms with Crippen molar-refractivity contribution in [1.82, 2.24) is 14.7 Å². The lowest BCUT2D eigenvalue weighted by atomic mass is 10.2. The van der Waals surface area contributed by atoms with Gasteiger partial charge in [0.05, 0.1) is 0 Å². The summed E-state index contributed by atoms with van der Waals surface area (Å²) in [5.41, 5.74) is 0.436. The number of carbonyl (C=O) groups is 1. The van der Waals surface area contributed by atoms with Gasteiger partial charge in [-0.3, -0.25) is 14.0 Å². The predicted molar refractivity (Wildman–Crippen MR) is 86.7 cm³/mol.